The summed E-state index contributed by atoms with van der Waals surface area (Å²) >= 11 is 0. The summed E-state index contributed by atoms with van der Waals surface area (Å²) in [7, 11) is 3.43. The van der Waals surface area contributed by atoms with Crippen LogP contribution in [-0.4, -0.2) is 27.3 Å². The summed E-state index contributed by atoms with van der Waals surface area (Å²) in [4.78, 5) is 0. The first-order valence-electron chi connectivity index (χ1n) is 4.72. The van der Waals surface area contributed by atoms with E-state index in [4.69, 9.17) is 9.47 Å². The highest BCUT2D eigenvalue weighted by Crippen LogP contribution is 2.35. The second kappa shape index (κ2) is 3.59. The van der Waals surface area contributed by atoms with E-state index in [9.17, 15) is 0 Å². The van der Waals surface area contributed by atoms with E-state index in [1.807, 2.05) is 18.2 Å². The van der Waals surface area contributed by atoms with Crippen LogP contribution in [0.4, 0.5) is 0 Å². The number of hydrogen-bond acceptors (Lipinski definition) is 3. The van der Waals surface area contributed by atoms with E-state index in [0.29, 0.717) is 0 Å². The monoisotopic (exact) mass is 193 g/mol. The molecule has 1 aliphatic rings. The smallest absolute Gasteiger partial charge is 0.125 e. The predicted molar refractivity (Wildman–Crippen MR) is 54.6 cm³/mol. The minimum absolute atomic E-state index is 0.188. The fraction of sp³-hybridized carbons (Fsp3) is 0.455. The Morgan fingerprint density at radius 1 is 1.21 bits per heavy atom. The van der Waals surface area contributed by atoms with Crippen LogP contribution in [-0.2, 0) is 10.3 Å². The van der Waals surface area contributed by atoms with Crippen LogP contribution in [0.2, 0.25) is 0 Å². The van der Waals surface area contributed by atoms with Gasteiger partial charge in [-0.3, -0.25) is 0 Å². The third kappa shape index (κ3) is 1.29. The minimum Gasteiger partial charge on any atom is -0.496 e. The number of ether oxygens (including phenoxy) is 2. The maximum atomic E-state index is 5.56. The Bertz CT molecular complexity index is 315. The molecule has 0 saturated carbocycles. The zero-order valence-electron chi connectivity index (χ0n) is 8.54. The molecule has 0 atom stereocenters. The maximum absolute atomic E-state index is 5.56. The first kappa shape index (κ1) is 9.49. The zero-order chi connectivity index (χ0) is 10.0. The highest BCUT2D eigenvalue weighted by molar-refractivity contribution is 5.40. The summed E-state index contributed by atoms with van der Waals surface area (Å²) in [5.74, 6) is 0.899. The Hall–Kier alpha value is -1.06. The van der Waals surface area contributed by atoms with Gasteiger partial charge in [-0.25, -0.2) is 0 Å². The minimum atomic E-state index is -0.188. The van der Waals surface area contributed by atoms with Crippen LogP contribution in [0, 0.1) is 0 Å². The number of benzene rings is 1. The lowest BCUT2D eigenvalue weighted by Gasteiger charge is -2.42. The van der Waals surface area contributed by atoms with Gasteiger partial charge in [-0.2, -0.15) is 0 Å². The summed E-state index contributed by atoms with van der Waals surface area (Å²) < 4.78 is 10.9. The topological polar surface area (TPSA) is 30.5 Å². The number of para-hydroxylation sites is 1. The second-order valence-corrected chi connectivity index (χ2v) is 3.50. The van der Waals surface area contributed by atoms with Gasteiger partial charge in [0.05, 0.1) is 7.11 Å². The molecule has 0 radical (unpaired) electrons. The first-order chi connectivity index (χ1) is 6.82. The molecule has 76 valence electrons. The van der Waals surface area contributed by atoms with Gasteiger partial charge < -0.3 is 14.8 Å². The van der Waals surface area contributed by atoms with Crippen molar-refractivity contribution < 1.29 is 9.47 Å². The Balaban J connectivity index is 2.38. The maximum Gasteiger partial charge on any atom is 0.125 e. The van der Waals surface area contributed by atoms with Gasteiger partial charge in [0.25, 0.3) is 0 Å². The van der Waals surface area contributed by atoms with Gasteiger partial charge >= 0.3 is 0 Å². The first-order valence-corrected chi connectivity index (χ1v) is 4.72. The van der Waals surface area contributed by atoms with Crippen molar-refractivity contribution in [3.05, 3.63) is 29.8 Å². The molecule has 3 nitrogen and oxygen atoms in total. The summed E-state index contributed by atoms with van der Waals surface area (Å²) in [6.45, 7) is 1.70. The van der Waals surface area contributed by atoms with Crippen LogP contribution in [0.1, 0.15) is 5.56 Å². The van der Waals surface area contributed by atoms with Crippen LogP contribution in [0.5, 0.6) is 5.75 Å². The molecule has 1 aromatic carbocycles. The SMILES string of the molecule is COc1ccccc1C1(OC)CNC1. The van der Waals surface area contributed by atoms with Crippen molar-refractivity contribution in [1.82, 2.24) is 5.32 Å². The van der Waals surface area contributed by atoms with Crippen LogP contribution in [0.15, 0.2) is 24.3 Å². The van der Waals surface area contributed by atoms with E-state index in [-0.39, 0.29) is 5.60 Å². The van der Waals surface area contributed by atoms with Crippen LogP contribution < -0.4 is 10.1 Å². The van der Waals surface area contributed by atoms with Crippen LogP contribution in [0.3, 0.4) is 0 Å². The molecule has 1 fully saturated rings. The van der Waals surface area contributed by atoms with Crippen molar-refractivity contribution in [2.75, 3.05) is 27.3 Å². The Morgan fingerprint density at radius 2 is 1.93 bits per heavy atom. The molecule has 0 amide bonds. The molecule has 1 saturated heterocycles. The average molecular weight is 193 g/mol. The fourth-order valence-corrected chi connectivity index (χ4v) is 1.82. The molecule has 14 heavy (non-hydrogen) atoms. The van der Waals surface area contributed by atoms with Crippen LogP contribution >= 0.6 is 0 Å². The standard InChI is InChI=1S/C11H15NO2/c1-13-10-6-4-3-5-9(10)11(14-2)7-12-8-11/h3-6,12H,7-8H2,1-2H3. The van der Waals surface area contributed by atoms with Crippen molar-refractivity contribution in [3.8, 4) is 5.75 Å². The molecule has 0 unspecified atom stereocenters. The molecule has 0 bridgehead atoms. The molecule has 1 aliphatic heterocycles. The van der Waals surface area contributed by atoms with Gasteiger partial charge in [-0.15, -0.1) is 0 Å². The molecule has 0 aliphatic carbocycles. The van der Waals surface area contributed by atoms with Crippen molar-refractivity contribution in [1.29, 1.82) is 0 Å². The quantitative estimate of drug-likeness (QED) is 0.781. The van der Waals surface area contributed by atoms with Gasteiger partial charge in [0.15, 0.2) is 0 Å². The van der Waals surface area contributed by atoms with Crippen molar-refractivity contribution in [2.24, 2.45) is 0 Å². The van der Waals surface area contributed by atoms with Crippen molar-refractivity contribution in [2.45, 2.75) is 5.60 Å². The molecule has 1 aromatic rings. The van der Waals surface area contributed by atoms with E-state index >= 15 is 0 Å². The molecular weight excluding hydrogens is 178 g/mol. The zero-order valence-corrected chi connectivity index (χ0v) is 8.54. The fourth-order valence-electron chi connectivity index (χ4n) is 1.82. The third-order valence-electron chi connectivity index (χ3n) is 2.81. The Labute approximate surface area is 84.0 Å². The van der Waals surface area contributed by atoms with Gasteiger partial charge in [-0.1, -0.05) is 18.2 Å². The normalized spacial score (nSPS) is 18.7. The summed E-state index contributed by atoms with van der Waals surface area (Å²) in [5.41, 5.74) is 0.941. The Morgan fingerprint density at radius 3 is 2.43 bits per heavy atom. The number of hydrogen-bond donors (Lipinski definition) is 1. The lowest BCUT2D eigenvalue weighted by Crippen LogP contribution is -2.58. The Kier molecular flexibility index (Phi) is 2.44. The highest BCUT2D eigenvalue weighted by atomic mass is 16.5. The van der Waals surface area contributed by atoms with Crippen LogP contribution in [0.25, 0.3) is 0 Å². The highest BCUT2D eigenvalue weighted by Gasteiger charge is 2.40. The average Bonchev–Trinajstić information content (AvgIpc) is 2.18. The summed E-state index contributed by atoms with van der Waals surface area (Å²) in [6.07, 6.45) is 0. The second-order valence-electron chi connectivity index (χ2n) is 3.50. The summed E-state index contributed by atoms with van der Waals surface area (Å²) in [6, 6.07) is 8.01. The van der Waals surface area contributed by atoms with E-state index < -0.39 is 0 Å². The third-order valence-corrected chi connectivity index (χ3v) is 2.81. The van der Waals surface area contributed by atoms with Gasteiger partial charge in [0, 0.05) is 25.8 Å². The van der Waals surface area contributed by atoms with E-state index in [1.54, 1.807) is 14.2 Å². The molecule has 1 heterocycles. The lowest BCUT2D eigenvalue weighted by atomic mass is 9.87. The summed E-state index contributed by atoms with van der Waals surface area (Å²) in [5, 5.41) is 3.22. The van der Waals surface area contributed by atoms with Gasteiger partial charge in [0.1, 0.15) is 11.4 Å². The number of nitrogens with one attached hydrogen (secondary N) is 1. The van der Waals surface area contributed by atoms with E-state index in [1.165, 1.54) is 0 Å². The lowest BCUT2D eigenvalue weighted by molar-refractivity contribution is -0.0579. The molecule has 2 rings (SSSR count). The largest absolute Gasteiger partial charge is 0.496 e. The van der Waals surface area contributed by atoms with E-state index in [2.05, 4.69) is 11.4 Å². The molecule has 0 spiro atoms. The number of methoxy groups -OCH3 is 2. The van der Waals surface area contributed by atoms with Gasteiger partial charge in [0.2, 0.25) is 0 Å². The van der Waals surface area contributed by atoms with Gasteiger partial charge in [-0.05, 0) is 6.07 Å². The molecule has 1 N–H and O–H groups in total. The molecule has 3 heteroatoms. The van der Waals surface area contributed by atoms with Crippen molar-refractivity contribution >= 4 is 0 Å². The molecular formula is C11H15NO2. The predicted octanol–water partition coefficient (Wildman–Crippen LogP) is 1.14. The number of rotatable bonds is 3. The van der Waals surface area contributed by atoms with E-state index in [0.717, 1.165) is 24.4 Å². The molecule has 0 aromatic heterocycles. The van der Waals surface area contributed by atoms with Crippen molar-refractivity contribution in [3.63, 3.8) is 0 Å².